The van der Waals surface area contributed by atoms with E-state index < -0.39 is 0 Å². The fourth-order valence-corrected chi connectivity index (χ4v) is 2.85. The number of hydrogen-bond acceptors (Lipinski definition) is 2. The first-order valence-corrected chi connectivity index (χ1v) is 7.30. The zero-order valence-electron chi connectivity index (χ0n) is 11.1. The fraction of sp³-hybridized carbons (Fsp3) is 0.571. The Morgan fingerprint density at radius 2 is 2.00 bits per heavy atom. The van der Waals surface area contributed by atoms with Crippen molar-refractivity contribution in [1.29, 1.82) is 0 Å². The van der Waals surface area contributed by atoms with Gasteiger partial charge >= 0.3 is 0 Å². The van der Waals surface area contributed by atoms with Gasteiger partial charge in [-0.15, -0.1) is 11.8 Å². The van der Waals surface area contributed by atoms with Gasteiger partial charge in [0.15, 0.2) is 0 Å². The molecule has 96 valence electrons. The minimum atomic E-state index is 0.212. The zero-order chi connectivity index (χ0) is 12.9. The first-order chi connectivity index (χ1) is 7.92. The molecule has 0 saturated carbocycles. The number of nitrogens with one attached hydrogen (secondary N) is 1. The van der Waals surface area contributed by atoms with Crippen LogP contribution in [0.3, 0.4) is 0 Å². The second-order valence-corrected chi connectivity index (χ2v) is 7.45. The van der Waals surface area contributed by atoms with Gasteiger partial charge in [0, 0.05) is 21.2 Å². The third-order valence-corrected chi connectivity index (χ3v) is 3.64. The number of halogens is 1. The molecule has 0 unspecified atom stereocenters. The Hall–Kier alpha value is -0.180. The van der Waals surface area contributed by atoms with Crippen molar-refractivity contribution in [1.82, 2.24) is 5.32 Å². The molecular weight excluding hydrogens is 250 g/mol. The lowest BCUT2D eigenvalue weighted by atomic mass is 10.2. The van der Waals surface area contributed by atoms with Crippen molar-refractivity contribution in [2.45, 2.75) is 50.3 Å². The van der Waals surface area contributed by atoms with E-state index in [-0.39, 0.29) is 4.75 Å². The summed E-state index contributed by atoms with van der Waals surface area (Å²) in [6, 6.07) is 6.16. The third-order valence-electron chi connectivity index (χ3n) is 2.19. The Morgan fingerprint density at radius 3 is 2.59 bits per heavy atom. The van der Waals surface area contributed by atoms with Crippen molar-refractivity contribution in [3.8, 4) is 0 Å². The molecule has 0 spiro atoms. The molecule has 0 aliphatic carbocycles. The summed E-state index contributed by atoms with van der Waals surface area (Å²) >= 11 is 7.95. The average molecular weight is 272 g/mol. The minimum Gasteiger partial charge on any atom is -0.313 e. The monoisotopic (exact) mass is 271 g/mol. The Labute approximate surface area is 114 Å². The second kappa shape index (κ2) is 6.67. The Balaban J connectivity index is 2.80. The maximum Gasteiger partial charge on any atom is 0.0417 e. The van der Waals surface area contributed by atoms with Crippen LogP contribution in [0.25, 0.3) is 0 Å². The first-order valence-electron chi connectivity index (χ1n) is 6.10. The largest absolute Gasteiger partial charge is 0.313 e. The number of thioether (sulfide) groups is 1. The average Bonchev–Trinajstić information content (AvgIpc) is 2.19. The second-order valence-electron chi connectivity index (χ2n) is 5.14. The number of rotatable bonds is 5. The highest BCUT2D eigenvalue weighted by Gasteiger charge is 2.15. The molecular formula is C14H22ClNS. The highest BCUT2D eigenvalue weighted by atomic mass is 35.5. The minimum absolute atomic E-state index is 0.212. The lowest BCUT2D eigenvalue weighted by Gasteiger charge is -2.20. The van der Waals surface area contributed by atoms with Gasteiger partial charge in [0.25, 0.3) is 0 Å². The van der Waals surface area contributed by atoms with Crippen LogP contribution < -0.4 is 5.32 Å². The quantitative estimate of drug-likeness (QED) is 0.614. The predicted molar refractivity (Wildman–Crippen MR) is 79.1 cm³/mol. The van der Waals surface area contributed by atoms with Gasteiger partial charge < -0.3 is 5.32 Å². The van der Waals surface area contributed by atoms with E-state index in [0.29, 0.717) is 0 Å². The summed E-state index contributed by atoms with van der Waals surface area (Å²) in [5.41, 5.74) is 1.34. The van der Waals surface area contributed by atoms with E-state index in [2.05, 4.69) is 45.1 Å². The van der Waals surface area contributed by atoms with Crippen molar-refractivity contribution in [2.24, 2.45) is 0 Å². The Bertz CT molecular complexity index is 358. The van der Waals surface area contributed by atoms with E-state index in [9.17, 15) is 0 Å². The molecule has 17 heavy (non-hydrogen) atoms. The van der Waals surface area contributed by atoms with Gasteiger partial charge in [-0.3, -0.25) is 0 Å². The van der Waals surface area contributed by atoms with E-state index in [4.69, 9.17) is 11.6 Å². The maximum absolute atomic E-state index is 6.07. The van der Waals surface area contributed by atoms with Gasteiger partial charge in [-0.1, -0.05) is 45.4 Å². The van der Waals surface area contributed by atoms with E-state index in [1.807, 2.05) is 17.8 Å². The van der Waals surface area contributed by atoms with Crippen LogP contribution in [-0.4, -0.2) is 11.3 Å². The van der Waals surface area contributed by atoms with Crippen molar-refractivity contribution in [3.63, 3.8) is 0 Å². The summed E-state index contributed by atoms with van der Waals surface area (Å²) < 4.78 is 0.212. The lowest BCUT2D eigenvalue weighted by molar-refractivity contribution is 0.668. The van der Waals surface area contributed by atoms with Crippen LogP contribution in [0.2, 0.25) is 5.02 Å². The topological polar surface area (TPSA) is 12.0 Å². The molecule has 0 heterocycles. The fourth-order valence-electron chi connectivity index (χ4n) is 1.50. The molecule has 0 bridgehead atoms. The normalized spacial score (nSPS) is 11.8. The highest BCUT2D eigenvalue weighted by molar-refractivity contribution is 8.00. The van der Waals surface area contributed by atoms with E-state index in [1.54, 1.807) is 0 Å². The molecule has 1 aromatic rings. The van der Waals surface area contributed by atoms with Crippen LogP contribution in [0.1, 0.15) is 39.7 Å². The molecule has 0 aliphatic rings. The SMILES string of the molecule is CCCNCc1ccc(Cl)cc1SC(C)(C)C. The summed E-state index contributed by atoms with van der Waals surface area (Å²) in [7, 11) is 0. The lowest BCUT2D eigenvalue weighted by Crippen LogP contribution is -2.15. The molecule has 1 rings (SSSR count). The molecule has 1 N–H and O–H groups in total. The molecule has 1 nitrogen and oxygen atoms in total. The molecule has 0 aliphatic heterocycles. The van der Waals surface area contributed by atoms with E-state index in [1.165, 1.54) is 10.5 Å². The summed E-state index contributed by atoms with van der Waals surface area (Å²) in [5, 5.41) is 4.26. The number of benzene rings is 1. The van der Waals surface area contributed by atoms with Gasteiger partial charge in [-0.25, -0.2) is 0 Å². The summed E-state index contributed by atoms with van der Waals surface area (Å²) in [5.74, 6) is 0. The van der Waals surface area contributed by atoms with Gasteiger partial charge in [0.05, 0.1) is 0 Å². The summed E-state index contributed by atoms with van der Waals surface area (Å²) in [4.78, 5) is 1.29. The molecule has 0 atom stereocenters. The Kier molecular flexibility index (Phi) is 5.84. The van der Waals surface area contributed by atoms with Gasteiger partial charge in [0.1, 0.15) is 0 Å². The summed E-state index contributed by atoms with van der Waals surface area (Å²) in [6.07, 6.45) is 1.16. The van der Waals surface area contributed by atoms with Crippen molar-refractivity contribution in [3.05, 3.63) is 28.8 Å². The molecule has 0 saturated heterocycles. The smallest absolute Gasteiger partial charge is 0.0417 e. The van der Waals surface area contributed by atoms with Crippen molar-refractivity contribution < 1.29 is 0 Å². The van der Waals surface area contributed by atoms with Crippen LogP contribution in [0, 0.1) is 0 Å². The van der Waals surface area contributed by atoms with Crippen LogP contribution in [-0.2, 0) is 6.54 Å². The van der Waals surface area contributed by atoms with Crippen molar-refractivity contribution in [2.75, 3.05) is 6.54 Å². The molecule has 0 fully saturated rings. The molecule has 3 heteroatoms. The van der Waals surface area contributed by atoms with Crippen molar-refractivity contribution >= 4 is 23.4 Å². The van der Waals surface area contributed by atoms with E-state index in [0.717, 1.165) is 24.5 Å². The van der Waals surface area contributed by atoms with Crippen LogP contribution >= 0.6 is 23.4 Å². The zero-order valence-corrected chi connectivity index (χ0v) is 12.7. The van der Waals surface area contributed by atoms with Gasteiger partial charge in [-0.2, -0.15) is 0 Å². The summed E-state index contributed by atoms with van der Waals surface area (Å²) in [6.45, 7) is 10.8. The first kappa shape index (κ1) is 14.9. The van der Waals surface area contributed by atoms with Gasteiger partial charge in [0.2, 0.25) is 0 Å². The Morgan fingerprint density at radius 1 is 1.29 bits per heavy atom. The molecule has 0 aromatic heterocycles. The molecule has 0 radical (unpaired) electrons. The number of hydrogen-bond donors (Lipinski definition) is 1. The third kappa shape index (κ3) is 5.80. The van der Waals surface area contributed by atoms with Gasteiger partial charge in [-0.05, 0) is 30.7 Å². The van der Waals surface area contributed by atoms with Crippen LogP contribution in [0.5, 0.6) is 0 Å². The standard InChI is InChI=1S/C14H22ClNS/c1-5-8-16-10-11-6-7-12(15)9-13(11)17-14(2,3)4/h6-7,9,16H,5,8,10H2,1-4H3. The van der Waals surface area contributed by atoms with Crippen LogP contribution in [0.15, 0.2) is 23.1 Å². The predicted octanol–water partition coefficient (Wildman–Crippen LogP) is 4.73. The highest BCUT2D eigenvalue weighted by Crippen LogP contribution is 2.35. The molecule has 0 amide bonds. The molecule has 1 aromatic carbocycles. The maximum atomic E-state index is 6.07. The van der Waals surface area contributed by atoms with E-state index >= 15 is 0 Å². The van der Waals surface area contributed by atoms with Crippen LogP contribution in [0.4, 0.5) is 0 Å².